The summed E-state index contributed by atoms with van der Waals surface area (Å²) >= 11 is -1.90. The number of rotatable bonds is 4. The second-order valence-corrected chi connectivity index (χ2v) is 3.49. The molecule has 0 fully saturated rings. The van der Waals surface area contributed by atoms with E-state index in [9.17, 15) is 9.12 Å². The van der Waals surface area contributed by atoms with Gasteiger partial charge in [0.1, 0.15) is 11.4 Å². The van der Waals surface area contributed by atoms with Crippen molar-refractivity contribution in [2.45, 2.75) is 5.75 Å². The van der Waals surface area contributed by atoms with E-state index in [-0.39, 0.29) is 11.4 Å². The molecule has 0 bridgehead atoms. The van der Waals surface area contributed by atoms with Crippen molar-refractivity contribution in [3.05, 3.63) is 28.7 Å². The molecule has 1 atom stereocenters. The lowest BCUT2D eigenvalue weighted by atomic mass is 10.2. The van der Waals surface area contributed by atoms with Gasteiger partial charge in [-0.25, -0.2) is 4.21 Å². The third-order valence-electron chi connectivity index (χ3n) is 1.63. The minimum Gasteiger partial charge on any atom is -0.494 e. The number of methoxy groups -OCH3 is 1. The third kappa shape index (κ3) is 2.61. The highest BCUT2D eigenvalue weighted by atomic mass is 32.2. The number of hydrogen-bond acceptors (Lipinski definition) is 4. The van der Waals surface area contributed by atoms with Crippen molar-refractivity contribution >= 4 is 16.8 Å². The topological polar surface area (TPSA) is 76.0 Å². The highest BCUT2D eigenvalue weighted by molar-refractivity contribution is 7.78. The van der Waals surface area contributed by atoms with Gasteiger partial charge in [-0.15, -0.1) is 4.91 Å². The van der Waals surface area contributed by atoms with Crippen LogP contribution < -0.4 is 4.74 Å². The first-order chi connectivity index (χ1) is 6.67. The van der Waals surface area contributed by atoms with Gasteiger partial charge in [0.25, 0.3) is 0 Å². The van der Waals surface area contributed by atoms with Crippen molar-refractivity contribution in [1.29, 1.82) is 0 Å². The Morgan fingerprint density at radius 1 is 1.57 bits per heavy atom. The summed E-state index contributed by atoms with van der Waals surface area (Å²) in [5.74, 6) is 0.318. The van der Waals surface area contributed by atoms with Crippen LogP contribution in [0, 0.1) is 4.91 Å². The van der Waals surface area contributed by atoms with Gasteiger partial charge in [-0.3, -0.25) is 0 Å². The maximum Gasteiger partial charge on any atom is 0.157 e. The second-order valence-electron chi connectivity index (χ2n) is 2.56. The van der Waals surface area contributed by atoms with Gasteiger partial charge in [-0.1, -0.05) is 6.07 Å². The standard InChI is InChI=1S/C8H9NO4S/c1-13-8-4-6(5-14(11)12)2-3-7(8)9-10/h2-4H,5H2,1H3,(H,11,12). The predicted molar refractivity (Wildman–Crippen MR) is 52.9 cm³/mol. The number of nitrogens with zero attached hydrogens (tertiary/aromatic N) is 1. The Morgan fingerprint density at radius 2 is 2.29 bits per heavy atom. The first-order valence-electron chi connectivity index (χ1n) is 3.75. The van der Waals surface area contributed by atoms with Crippen LogP contribution in [0.25, 0.3) is 0 Å². The van der Waals surface area contributed by atoms with E-state index in [0.29, 0.717) is 11.3 Å². The summed E-state index contributed by atoms with van der Waals surface area (Å²) in [7, 11) is 1.41. The van der Waals surface area contributed by atoms with Gasteiger partial charge < -0.3 is 9.29 Å². The van der Waals surface area contributed by atoms with E-state index in [0.717, 1.165) is 0 Å². The Morgan fingerprint density at radius 3 is 2.79 bits per heavy atom. The van der Waals surface area contributed by atoms with Gasteiger partial charge in [0.15, 0.2) is 11.1 Å². The van der Waals surface area contributed by atoms with E-state index >= 15 is 0 Å². The van der Waals surface area contributed by atoms with Crippen molar-refractivity contribution in [3.63, 3.8) is 0 Å². The molecule has 0 aromatic heterocycles. The number of hydrogen-bond donors (Lipinski definition) is 1. The van der Waals surface area contributed by atoms with E-state index < -0.39 is 11.1 Å². The predicted octanol–water partition coefficient (Wildman–Crippen LogP) is 1.81. The first-order valence-corrected chi connectivity index (χ1v) is 5.02. The van der Waals surface area contributed by atoms with Crippen LogP contribution in [0.1, 0.15) is 5.56 Å². The van der Waals surface area contributed by atoms with Crippen LogP contribution in [-0.4, -0.2) is 15.9 Å². The Kier molecular flexibility index (Phi) is 3.73. The third-order valence-corrected chi connectivity index (χ3v) is 2.21. The molecule has 6 heteroatoms. The molecule has 0 saturated heterocycles. The van der Waals surface area contributed by atoms with Crippen LogP contribution in [0.3, 0.4) is 0 Å². The van der Waals surface area contributed by atoms with Crippen LogP contribution in [0.4, 0.5) is 5.69 Å². The molecule has 5 nitrogen and oxygen atoms in total. The first kappa shape index (κ1) is 10.8. The zero-order valence-corrected chi connectivity index (χ0v) is 8.28. The molecule has 14 heavy (non-hydrogen) atoms. The van der Waals surface area contributed by atoms with Crippen molar-refractivity contribution in [2.24, 2.45) is 5.18 Å². The minimum absolute atomic E-state index is 0.00942. The Bertz CT molecular complexity index is 366. The van der Waals surface area contributed by atoms with E-state index in [1.807, 2.05) is 0 Å². The molecule has 1 unspecified atom stereocenters. The molecule has 0 radical (unpaired) electrons. The molecule has 0 spiro atoms. The van der Waals surface area contributed by atoms with Crippen LogP contribution in [0.15, 0.2) is 23.4 Å². The van der Waals surface area contributed by atoms with Gasteiger partial charge >= 0.3 is 0 Å². The maximum atomic E-state index is 10.5. The summed E-state index contributed by atoms with van der Waals surface area (Å²) < 4.78 is 24.0. The summed E-state index contributed by atoms with van der Waals surface area (Å²) in [6.45, 7) is 0. The fourth-order valence-corrected chi connectivity index (χ4v) is 1.49. The largest absolute Gasteiger partial charge is 0.494 e. The number of benzene rings is 1. The average Bonchev–Trinajstić information content (AvgIpc) is 2.16. The van der Waals surface area contributed by atoms with Crippen molar-refractivity contribution < 1.29 is 13.5 Å². The smallest absolute Gasteiger partial charge is 0.157 e. The molecule has 1 rings (SSSR count). The number of nitroso groups, excluding NO2 is 1. The van der Waals surface area contributed by atoms with Gasteiger partial charge in [-0.05, 0) is 22.9 Å². The molecule has 0 aliphatic carbocycles. The van der Waals surface area contributed by atoms with Crippen molar-refractivity contribution in [2.75, 3.05) is 7.11 Å². The van der Waals surface area contributed by atoms with Gasteiger partial charge in [0, 0.05) is 0 Å². The van der Waals surface area contributed by atoms with Crippen LogP contribution in [-0.2, 0) is 16.8 Å². The molecule has 0 amide bonds. The van der Waals surface area contributed by atoms with Crippen molar-refractivity contribution in [1.82, 2.24) is 0 Å². The normalized spacial score (nSPS) is 12.1. The second kappa shape index (κ2) is 4.83. The van der Waals surface area contributed by atoms with Crippen LogP contribution >= 0.6 is 0 Å². The van der Waals surface area contributed by atoms with Crippen LogP contribution in [0.5, 0.6) is 5.75 Å². The summed E-state index contributed by atoms with van der Waals surface area (Å²) in [5.41, 5.74) is 0.801. The SMILES string of the molecule is COc1cc(CS(=O)O)ccc1N=O. The zero-order valence-electron chi connectivity index (χ0n) is 7.47. The fraction of sp³-hybridized carbons (Fsp3) is 0.250. The van der Waals surface area contributed by atoms with E-state index in [1.165, 1.54) is 19.2 Å². The minimum atomic E-state index is -1.90. The summed E-state index contributed by atoms with van der Waals surface area (Å²) in [4.78, 5) is 10.3. The lowest BCUT2D eigenvalue weighted by Gasteiger charge is -2.04. The van der Waals surface area contributed by atoms with E-state index in [2.05, 4.69) is 5.18 Å². The molecule has 0 aliphatic heterocycles. The number of ether oxygens (including phenoxy) is 1. The van der Waals surface area contributed by atoms with E-state index in [4.69, 9.17) is 9.29 Å². The summed E-state index contributed by atoms with van der Waals surface area (Å²) in [6.07, 6.45) is 0. The molecular formula is C8H9NO4S. The molecule has 0 saturated carbocycles. The maximum absolute atomic E-state index is 10.5. The molecule has 1 aromatic rings. The molecule has 0 aliphatic rings. The lowest BCUT2D eigenvalue weighted by molar-refractivity contribution is 0.415. The van der Waals surface area contributed by atoms with Gasteiger partial charge in [0.2, 0.25) is 0 Å². The quantitative estimate of drug-likeness (QED) is 0.614. The van der Waals surface area contributed by atoms with Gasteiger partial charge in [-0.2, -0.15) is 0 Å². The molecule has 1 N–H and O–H groups in total. The Labute approximate surface area is 83.3 Å². The highest BCUT2D eigenvalue weighted by Gasteiger charge is 2.05. The summed E-state index contributed by atoms with van der Waals surface area (Å²) in [5, 5.41) is 2.75. The fourth-order valence-electron chi connectivity index (χ4n) is 1.03. The van der Waals surface area contributed by atoms with Crippen molar-refractivity contribution in [3.8, 4) is 5.75 Å². The monoisotopic (exact) mass is 215 g/mol. The highest BCUT2D eigenvalue weighted by Crippen LogP contribution is 2.28. The van der Waals surface area contributed by atoms with Crippen LogP contribution in [0.2, 0.25) is 0 Å². The molecule has 1 aromatic carbocycles. The zero-order chi connectivity index (χ0) is 10.6. The lowest BCUT2D eigenvalue weighted by Crippen LogP contribution is -1.93. The molecule has 0 heterocycles. The Balaban J connectivity index is 3.01. The molecule has 76 valence electrons. The Hall–Kier alpha value is -1.27. The average molecular weight is 215 g/mol. The molecular weight excluding hydrogens is 206 g/mol. The summed E-state index contributed by atoms with van der Waals surface area (Å²) in [6, 6.07) is 4.53. The van der Waals surface area contributed by atoms with E-state index in [1.54, 1.807) is 6.07 Å². The van der Waals surface area contributed by atoms with Gasteiger partial charge in [0.05, 0.1) is 12.9 Å².